The van der Waals surface area contributed by atoms with E-state index in [2.05, 4.69) is 34.1 Å². The molecular formula is C17H21BrO. The molecule has 0 spiro atoms. The first-order chi connectivity index (χ1) is 9.26. The van der Waals surface area contributed by atoms with E-state index in [0.717, 1.165) is 39.8 Å². The van der Waals surface area contributed by atoms with Crippen molar-refractivity contribution < 1.29 is 4.74 Å². The Hall–Kier alpha value is -0.500. The maximum absolute atomic E-state index is 5.43. The molecule has 5 unspecified atom stereocenters. The molecular weight excluding hydrogens is 300 g/mol. The third-order valence-electron chi connectivity index (χ3n) is 5.99. The summed E-state index contributed by atoms with van der Waals surface area (Å²) in [7, 11) is 1.76. The molecule has 1 aromatic rings. The Kier molecular flexibility index (Phi) is 2.91. The van der Waals surface area contributed by atoms with Gasteiger partial charge in [-0.15, -0.1) is 0 Å². The maximum atomic E-state index is 5.43. The number of fused-ring (bicyclic) bond motifs is 5. The van der Waals surface area contributed by atoms with Crippen molar-refractivity contribution in [2.24, 2.45) is 23.7 Å². The molecule has 0 amide bonds. The number of hydrogen-bond donors (Lipinski definition) is 0. The summed E-state index contributed by atoms with van der Waals surface area (Å²) in [4.78, 5) is 0. The number of methoxy groups -OCH3 is 1. The zero-order valence-corrected chi connectivity index (χ0v) is 13.0. The van der Waals surface area contributed by atoms with Crippen LogP contribution in [-0.2, 0) is 0 Å². The van der Waals surface area contributed by atoms with Crippen molar-refractivity contribution in [2.75, 3.05) is 7.11 Å². The lowest BCUT2D eigenvalue weighted by Gasteiger charge is -2.32. The van der Waals surface area contributed by atoms with Crippen molar-refractivity contribution in [3.05, 3.63) is 28.2 Å². The smallest absolute Gasteiger partial charge is 0.120 e. The minimum absolute atomic E-state index is 0.788. The highest BCUT2D eigenvalue weighted by Gasteiger charge is 2.53. The minimum atomic E-state index is 0.788. The Bertz CT molecular complexity index is 498. The quantitative estimate of drug-likeness (QED) is 0.745. The molecule has 5 atom stereocenters. The van der Waals surface area contributed by atoms with Crippen molar-refractivity contribution in [1.29, 1.82) is 0 Å². The van der Waals surface area contributed by atoms with Crippen LogP contribution in [0.4, 0.5) is 0 Å². The Morgan fingerprint density at radius 3 is 2.74 bits per heavy atom. The van der Waals surface area contributed by atoms with Gasteiger partial charge < -0.3 is 4.74 Å². The van der Waals surface area contributed by atoms with Crippen LogP contribution < -0.4 is 4.74 Å². The second kappa shape index (κ2) is 4.51. The van der Waals surface area contributed by atoms with Gasteiger partial charge in [-0.25, -0.2) is 0 Å². The van der Waals surface area contributed by atoms with Crippen LogP contribution in [0, 0.1) is 23.7 Å². The van der Waals surface area contributed by atoms with E-state index in [1.54, 1.807) is 7.11 Å². The number of benzene rings is 1. The fraction of sp³-hybridized carbons (Fsp3) is 0.647. The van der Waals surface area contributed by atoms with Crippen molar-refractivity contribution in [3.8, 4) is 5.75 Å². The molecule has 4 rings (SSSR count). The molecule has 0 aliphatic heterocycles. The van der Waals surface area contributed by atoms with E-state index in [4.69, 9.17) is 4.74 Å². The molecule has 0 heterocycles. The number of ether oxygens (including phenoxy) is 1. The highest BCUT2D eigenvalue weighted by molar-refractivity contribution is 9.10. The van der Waals surface area contributed by atoms with Crippen LogP contribution in [0.3, 0.4) is 0 Å². The lowest BCUT2D eigenvalue weighted by Crippen LogP contribution is -2.23. The fourth-order valence-electron chi connectivity index (χ4n) is 5.37. The minimum Gasteiger partial charge on any atom is -0.497 e. The molecule has 1 aromatic carbocycles. The lowest BCUT2D eigenvalue weighted by molar-refractivity contribution is 0.232. The zero-order chi connectivity index (χ0) is 13.0. The summed E-state index contributed by atoms with van der Waals surface area (Å²) in [6.45, 7) is 0. The van der Waals surface area contributed by atoms with Crippen LogP contribution >= 0.6 is 15.9 Å². The summed E-state index contributed by atoms with van der Waals surface area (Å²) in [6, 6.07) is 6.65. The molecule has 3 aliphatic carbocycles. The molecule has 3 saturated carbocycles. The van der Waals surface area contributed by atoms with Gasteiger partial charge in [0.2, 0.25) is 0 Å². The van der Waals surface area contributed by atoms with E-state index in [9.17, 15) is 0 Å². The Morgan fingerprint density at radius 2 is 1.89 bits per heavy atom. The van der Waals surface area contributed by atoms with Gasteiger partial charge in [-0.1, -0.05) is 22.4 Å². The van der Waals surface area contributed by atoms with Gasteiger partial charge in [-0.05, 0) is 79.0 Å². The first-order valence-electron chi connectivity index (χ1n) is 7.60. The molecule has 102 valence electrons. The molecule has 0 aromatic heterocycles. The van der Waals surface area contributed by atoms with Gasteiger partial charge in [-0.2, -0.15) is 0 Å². The monoisotopic (exact) mass is 320 g/mol. The van der Waals surface area contributed by atoms with Gasteiger partial charge in [0.05, 0.1) is 7.11 Å². The first-order valence-corrected chi connectivity index (χ1v) is 8.40. The highest BCUT2D eigenvalue weighted by Crippen LogP contribution is 2.63. The van der Waals surface area contributed by atoms with Crippen LogP contribution in [0.5, 0.6) is 5.75 Å². The molecule has 19 heavy (non-hydrogen) atoms. The number of hydrogen-bond acceptors (Lipinski definition) is 1. The van der Waals surface area contributed by atoms with Gasteiger partial charge in [0.1, 0.15) is 5.75 Å². The predicted octanol–water partition coefficient (Wildman–Crippen LogP) is 5.00. The van der Waals surface area contributed by atoms with Crippen molar-refractivity contribution in [3.63, 3.8) is 0 Å². The standard InChI is InChI=1S/C17H21BrO/c1-19-13-6-10(5-12(18)9-13)16-7-11-8-17(16)15-4-2-3-14(11)15/h5-6,9,11,14-17H,2-4,7-8H2,1H3. The molecule has 0 saturated heterocycles. The second-order valence-corrected chi connectivity index (χ2v) is 7.60. The van der Waals surface area contributed by atoms with E-state index in [1.807, 2.05) is 0 Å². The average Bonchev–Trinajstić information content (AvgIpc) is 3.09. The molecule has 3 fully saturated rings. The predicted molar refractivity (Wildman–Crippen MR) is 80.5 cm³/mol. The largest absolute Gasteiger partial charge is 0.497 e. The van der Waals surface area contributed by atoms with Gasteiger partial charge in [0.25, 0.3) is 0 Å². The topological polar surface area (TPSA) is 9.23 Å². The third-order valence-corrected chi connectivity index (χ3v) is 6.44. The zero-order valence-electron chi connectivity index (χ0n) is 11.4. The molecule has 0 radical (unpaired) electrons. The Morgan fingerprint density at radius 1 is 1.05 bits per heavy atom. The van der Waals surface area contributed by atoms with Gasteiger partial charge in [0.15, 0.2) is 0 Å². The van der Waals surface area contributed by atoms with E-state index in [-0.39, 0.29) is 0 Å². The molecule has 2 heteroatoms. The average molecular weight is 321 g/mol. The summed E-state index contributed by atoms with van der Waals surface area (Å²) in [5.74, 6) is 5.87. The Balaban J connectivity index is 1.66. The molecule has 1 nitrogen and oxygen atoms in total. The van der Waals surface area contributed by atoms with Crippen molar-refractivity contribution in [1.82, 2.24) is 0 Å². The van der Waals surface area contributed by atoms with Crippen molar-refractivity contribution in [2.45, 2.75) is 38.0 Å². The summed E-state index contributed by atoms with van der Waals surface area (Å²) >= 11 is 3.63. The van der Waals surface area contributed by atoms with Crippen LogP contribution in [-0.4, -0.2) is 7.11 Å². The first kappa shape index (κ1) is 12.3. The normalized spacial score (nSPS) is 39.6. The van der Waals surface area contributed by atoms with Gasteiger partial charge >= 0.3 is 0 Å². The van der Waals surface area contributed by atoms with E-state index in [1.165, 1.54) is 37.7 Å². The summed E-state index contributed by atoms with van der Waals surface area (Å²) in [5, 5.41) is 0. The van der Waals surface area contributed by atoms with Crippen LogP contribution in [0.2, 0.25) is 0 Å². The third kappa shape index (κ3) is 1.86. The van der Waals surface area contributed by atoms with E-state index in [0.29, 0.717) is 0 Å². The number of halogens is 1. The summed E-state index contributed by atoms with van der Waals surface area (Å²) in [5.41, 5.74) is 1.50. The van der Waals surface area contributed by atoms with Crippen LogP contribution in [0.15, 0.2) is 22.7 Å². The van der Waals surface area contributed by atoms with E-state index >= 15 is 0 Å². The maximum Gasteiger partial charge on any atom is 0.120 e. The molecule has 0 N–H and O–H groups in total. The molecule has 2 bridgehead atoms. The van der Waals surface area contributed by atoms with Gasteiger partial charge in [-0.3, -0.25) is 0 Å². The lowest BCUT2D eigenvalue weighted by atomic mass is 9.73. The van der Waals surface area contributed by atoms with Crippen LogP contribution in [0.1, 0.15) is 43.6 Å². The highest BCUT2D eigenvalue weighted by atomic mass is 79.9. The second-order valence-electron chi connectivity index (χ2n) is 6.68. The fourth-order valence-corrected chi connectivity index (χ4v) is 5.86. The summed E-state index contributed by atoms with van der Waals surface area (Å²) in [6.07, 6.45) is 7.41. The Labute approximate surface area is 123 Å². The molecule has 3 aliphatic rings. The van der Waals surface area contributed by atoms with E-state index < -0.39 is 0 Å². The number of rotatable bonds is 2. The SMILES string of the molecule is COc1cc(Br)cc(C2CC3CC2C2CCCC32)c1. The summed E-state index contributed by atoms with van der Waals surface area (Å²) < 4.78 is 6.59. The van der Waals surface area contributed by atoms with Crippen LogP contribution in [0.25, 0.3) is 0 Å². The van der Waals surface area contributed by atoms with Crippen molar-refractivity contribution >= 4 is 15.9 Å². The van der Waals surface area contributed by atoms with Gasteiger partial charge in [0, 0.05) is 4.47 Å².